The lowest BCUT2D eigenvalue weighted by molar-refractivity contribution is -0.137. The maximum Gasteiger partial charge on any atom is 0.304 e. The molecule has 0 amide bonds. The molecule has 0 aromatic heterocycles. The molecule has 0 radical (unpaired) electrons. The van der Waals surface area contributed by atoms with Gasteiger partial charge in [0, 0.05) is 24.7 Å². The van der Waals surface area contributed by atoms with E-state index < -0.39 is 5.97 Å². The molecule has 2 N–H and O–H groups in total. The number of carboxylic acids is 1. The Balaban J connectivity index is 1.68. The average molecular weight is 485 g/mol. The predicted octanol–water partition coefficient (Wildman–Crippen LogP) is 5.08. The topological polar surface area (TPSA) is 61.8 Å². The van der Waals surface area contributed by atoms with Gasteiger partial charge in [-0.2, -0.15) is 0 Å². The first-order valence-electron chi connectivity index (χ1n) is 12.4. The normalized spacial score (nSPS) is 19.5. The molecule has 1 aliphatic carbocycles. The molecular weight excluding hydrogens is 450 g/mol. The van der Waals surface area contributed by atoms with Gasteiger partial charge in [-0.3, -0.25) is 14.1 Å². The van der Waals surface area contributed by atoms with E-state index in [9.17, 15) is 14.3 Å². The van der Waals surface area contributed by atoms with Crippen LogP contribution in [0.25, 0.3) is 5.57 Å². The summed E-state index contributed by atoms with van der Waals surface area (Å²) in [7, 11) is 0. The lowest BCUT2D eigenvalue weighted by atomic mass is 9.83. The third-order valence-electron chi connectivity index (χ3n) is 7.13. The lowest BCUT2D eigenvalue weighted by Gasteiger charge is -2.43. The van der Waals surface area contributed by atoms with Gasteiger partial charge in [-0.1, -0.05) is 24.3 Å². The second-order valence-electron chi connectivity index (χ2n) is 9.40. The van der Waals surface area contributed by atoms with E-state index in [0.717, 1.165) is 24.0 Å². The van der Waals surface area contributed by atoms with Crippen LogP contribution < -0.4 is 10.1 Å². The Morgan fingerprint density at radius 3 is 2.80 bits per heavy atom. The fraction of sp³-hybridized carbons (Fsp3) is 0.464. The number of hydrogen-bond donors (Lipinski definition) is 2. The number of carbonyl (C=O) groups is 1. The van der Waals surface area contributed by atoms with Crippen molar-refractivity contribution in [3.05, 3.63) is 70.0 Å². The quantitative estimate of drug-likeness (QED) is 0.436. The summed E-state index contributed by atoms with van der Waals surface area (Å²) in [6, 6.07) is 11.1. The molecule has 0 fully saturated rings. The molecule has 0 unspecified atom stereocenters. The van der Waals surface area contributed by atoms with E-state index in [-0.39, 0.29) is 31.0 Å². The van der Waals surface area contributed by atoms with E-state index in [1.54, 1.807) is 6.07 Å². The number of carboxylic acid groups (broad SMARTS) is 1. The first-order valence-corrected chi connectivity index (χ1v) is 12.4. The number of alkyl halides is 1. The summed E-state index contributed by atoms with van der Waals surface area (Å²) in [4.78, 5) is 13.6. The second kappa shape index (κ2) is 11.3. The number of aliphatic carboxylic acids is 1. The molecule has 2 aliphatic rings. The molecule has 2 aromatic carbocycles. The molecule has 2 aromatic rings. The number of ether oxygens (including phenoxy) is 1. The minimum atomic E-state index is -0.861. The highest BCUT2D eigenvalue weighted by molar-refractivity contribution is 5.79. The van der Waals surface area contributed by atoms with Crippen molar-refractivity contribution < 1.29 is 23.4 Å². The van der Waals surface area contributed by atoms with Crippen LogP contribution in [0.4, 0.5) is 8.78 Å². The smallest absolute Gasteiger partial charge is 0.304 e. The summed E-state index contributed by atoms with van der Waals surface area (Å²) in [5.74, 6) is -0.555. The molecule has 5 nitrogen and oxygen atoms in total. The van der Waals surface area contributed by atoms with Crippen LogP contribution in [0.5, 0.6) is 5.75 Å². The summed E-state index contributed by atoms with van der Waals surface area (Å²) >= 11 is 0. The molecule has 2 atom stereocenters. The highest BCUT2D eigenvalue weighted by atomic mass is 19.1. The highest BCUT2D eigenvalue weighted by Gasteiger charge is 2.40. The van der Waals surface area contributed by atoms with Crippen molar-refractivity contribution in [2.75, 3.05) is 32.9 Å². The number of halogens is 2. The Bertz CT molecular complexity index is 1100. The standard InChI is InChI=1S/C28H34F2N2O3/c1-18-16-22-21-7-4-3-6-20(21)17-23(22)28(32(18)14-10-26(33)34)27-19(2)25(9-8-24(27)30)35-15-13-31-12-5-11-29/h3-4,6-9,18,28,31H,5,10-17H2,1-2H3,(H,33,34)/t18-,28+/m1/s1. The molecule has 0 bridgehead atoms. The van der Waals surface area contributed by atoms with E-state index in [4.69, 9.17) is 4.74 Å². The molecule has 1 heterocycles. The predicted molar refractivity (Wildman–Crippen MR) is 133 cm³/mol. The highest BCUT2D eigenvalue weighted by Crippen LogP contribution is 2.50. The Kier molecular flexibility index (Phi) is 8.19. The van der Waals surface area contributed by atoms with Gasteiger partial charge in [0.25, 0.3) is 0 Å². The van der Waals surface area contributed by atoms with Gasteiger partial charge < -0.3 is 15.2 Å². The molecule has 35 heavy (non-hydrogen) atoms. The van der Waals surface area contributed by atoms with Gasteiger partial charge >= 0.3 is 5.97 Å². The third kappa shape index (κ3) is 5.41. The van der Waals surface area contributed by atoms with Crippen LogP contribution in [0.3, 0.4) is 0 Å². The van der Waals surface area contributed by atoms with Crippen molar-refractivity contribution in [3.8, 4) is 5.75 Å². The van der Waals surface area contributed by atoms with Crippen LogP contribution in [0, 0.1) is 12.7 Å². The number of nitrogens with one attached hydrogen (secondary N) is 1. The second-order valence-corrected chi connectivity index (χ2v) is 9.40. The summed E-state index contributed by atoms with van der Waals surface area (Å²) in [6.45, 7) is 5.51. The van der Waals surface area contributed by atoms with Crippen LogP contribution in [0.1, 0.15) is 54.5 Å². The van der Waals surface area contributed by atoms with Crippen molar-refractivity contribution >= 4 is 11.5 Å². The van der Waals surface area contributed by atoms with E-state index in [1.165, 1.54) is 22.8 Å². The molecule has 188 valence electrons. The summed E-state index contributed by atoms with van der Waals surface area (Å²) in [6.07, 6.45) is 2.00. The molecule has 0 saturated carbocycles. The van der Waals surface area contributed by atoms with E-state index in [2.05, 4.69) is 29.3 Å². The molecule has 1 aliphatic heterocycles. The van der Waals surface area contributed by atoms with Crippen molar-refractivity contribution in [2.24, 2.45) is 0 Å². The Morgan fingerprint density at radius 1 is 1.23 bits per heavy atom. The number of fused-ring (bicyclic) bond motifs is 2. The van der Waals surface area contributed by atoms with Gasteiger partial charge in [-0.15, -0.1) is 0 Å². The lowest BCUT2D eigenvalue weighted by Crippen LogP contribution is -2.42. The maximum absolute atomic E-state index is 15.6. The van der Waals surface area contributed by atoms with Gasteiger partial charge in [0.05, 0.1) is 19.1 Å². The molecule has 4 rings (SSSR count). The van der Waals surface area contributed by atoms with Gasteiger partial charge in [-0.25, -0.2) is 4.39 Å². The largest absolute Gasteiger partial charge is 0.492 e. The first-order chi connectivity index (χ1) is 16.9. The van der Waals surface area contributed by atoms with Crippen LogP contribution in [-0.2, 0) is 11.2 Å². The number of nitrogens with zero attached hydrogens (tertiary/aromatic N) is 1. The Morgan fingerprint density at radius 2 is 2.03 bits per heavy atom. The zero-order valence-electron chi connectivity index (χ0n) is 20.4. The van der Waals surface area contributed by atoms with E-state index in [0.29, 0.717) is 44.0 Å². The summed E-state index contributed by atoms with van der Waals surface area (Å²) < 4.78 is 33.8. The fourth-order valence-corrected chi connectivity index (χ4v) is 5.46. The zero-order chi connectivity index (χ0) is 24.9. The molecular formula is C28H34F2N2O3. The van der Waals surface area contributed by atoms with Crippen LogP contribution in [-0.4, -0.2) is 54.9 Å². The Hall–Kier alpha value is -2.77. The van der Waals surface area contributed by atoms with Crippen LogP contribution in [0.2, 0.25) is 0 Å². The van der Waals surface area contributed by atoms with Gasteiger partial charge in [-0.05, 0) is 79.6 Å². The number of rotatable bonds is 11. The number of benzene rings is 2. The van der Waals surface area contributed by atoms with Crippen molar-refractivity contribution in [1.29, 1.82) is 0 Å². The zero-order valence-corrected chi connectivity index (χ0v) is 20.4. The minimum absolute atomic E-state index is 0.00217. The van der Waals surface area contributed by atoms with Gasteiger partial charge in [0.2, 0.25) is 0 Å². The SMILES string of the molecule is Cc1c(OCCNCCCF)ccc(F)c1[C@@H]1C2=C(C[C@@H](C)N1CCC(=O)O)c1ccccc1C2. The maximum atomic E-state index is 15.6. The third-order valence-corrected chi connectivity index (χ3v) is 7.13. The van der Waals surface area contributed by atoms with E-state index in [1.807, 2.05) is 19.1 Å². The average Bonchev–Trinajstić information content (AvgIpc) is 3.20. The van der Waals surface area contributed by atoms with Gasteiger partial charge in [0.15, 0.2) is 0 Å². The van der Waals surface area contributed by atoms with Crippen molar-refractivity contribution in [1.82, 2.24) is 10.2 Å². The van der Waals surface area contributed by atoms with Crippen molar-refractivity contribution in [2.45, 2.75) is 51.6 Å². The van der Waals surface area contributed by atoms with Crippen molar-refractivity contribution in [3.63, 3.8) is 0 Å². The van der Waals surface area contributed by atoms with Crippen LogP contribution in [0.15, 0.2) is 42.0 Å². The summed E-state index contributed by atoms with van der Waals surface area (Å²) in [5.41, 5.74) is 6.16. The number of hydrogen-bond acceptors (Lipinski definition) is 4. The molecule has 0 spiro atoms. The van der Waals surface area contributed by atoms with Crippen LogP contribution >= 0.6 is 0 Å². The first kappa shape index (κ1) is 25.3. The monoisotopic (exact) mass is 484 g/mol. The van der Waals surface area contributed by atoms with E-state index >= 15 is 4.39 Å². The fourth-order valence-electron chi connectivity index (χ4n) is 5.46. The van der Waals surface area contributed by atoms with Gasteiger partial charge in [0.1, 0.15) is 18.2 Å². The molecule has 7 heteroatoms. The minimum Gasteiger partial charge on any atom is -0.492 e. The Labute approximate surface area is 205 Å². The molecule has 0 saturated heterocycles. The summed E-state index contributed by atoms with van der Waals surface area (Å²) in [5, 5.41) is 12.5.